The van der Waals surface area contributed by atoms with Gasteiger partial charge < -0.3 is 10.2 Å². The van der Waals surface area contributed by atoms with Crippen LogP contribution in [-0.2, 0) is 16.1 Å². The molecule has 3 rings (SSSR count). The number of halogens is 2. The predicted molar refractivity (Wildman–Crippen MR) is 104 cm³/mol. The van der Waals surface area contributed by atoms with Crippen LogP contribution in [0.25, 0.3) is 0 Å². The molecule has 0 atom stereocenters. The third kappa shape index (κ3) is 5.60. The monoisotopic (exact) mass is 405 g/mol. The van der Waals surface area contributed by atoms with Gasteiger partial charge in [-0.25, -0.2) is 4.98 Å². The van der Waals surface area contributed by atoms with E-state index in [1.54, 1.807) is 16.8 Å². The van der Waals surface area contributed by atoms with E-state index in [9.17, 15) is 18.4 Å². The number of hydrogen-bond acceptors (Lipinski definition) is 4. The molecule has 2 amide bonds. The first-order valence-electron chi connectivity index (χ1n) is 9.56. The topological polar surface area (TPSA) is 70.5 Å². The fraction of sp³-hybridized carbons (Fsp3) is 0.450. The fourth-order valence-electron chi connectivity index (χ4n) is 3.43. The molecule has 1 N–H and O–H groups in total. The Hall–Kier alpha value is -2.81. The predicted octanol–water partition coefficient (Wildman–Crippen LogP) is 2.59. The van der Waals surface area contributed by atoms with Crippen molar-refractivity contribution in [2.45, 2.75) is 25.9 Å². The average molecular weight is 405 g/mol. The molecule has 1 aliphatic rings. The Morgan fingerprint density at radius 3 is 2.59 bits per heavy atom. The van der Waals surface area contributed by atoms with Gasteiger partial charge in [-0.15, -0.1) is 0 Å². The number of para-hydroxylation sites is 1. The number of anilines is 1. The lowest BCUT2D eigenvalue weighted by atomic mass is 9.95. The Morgan fingerprint density at radius 1 is 1.24 bits per heavy atom. The first-order chi connectivity index (χ1) is 13.9. The highest BCUT2D eigenvalue weighted by atomic mass is 19.3. The molecule has 0 spiro atoms. The summed E-state index contributed by atoms with van der Waals surface area (Å²) in [6, 6.07) is 9.29. The van der Waals surface area contributed by atoms with Crippen molar-refractivity contribution in [2.24, 2.45) is 5.92 Å². The summed E-state index contributed by atoms with van der Waals surface area (Å²) < 4.78 is 26.6. The minimum atomic E-state index is -2.65. The minimum Gasteiger partial charge on any atom is -0.342 e. The van der Waals surface area contributed by atoms with E-state index in [4.69, 9.17) is 0 Å². The number of piperidine rings is 1. The second kappa shape index (κ2) is 9.60. The van der Waals surface area contributed by atoms with E-state index in [0.717, 1.165) is 10.3 Å². The number of hydrogen-bond donors (Lipinski definition) is 1. The number of likely N-dealkylation sites (tertiary alicyclic amines) is 1. The molecule has 9 heteroatoms. The van der Waals surface area contributed by atoms with E-state index in [0.29, 0.717) is 25.9 Å². The van der Waals surface area contributed by atoms with Gasteiger partial charge in [-0.1, -0.05) is 18.2 Å². The van der Waals surface area contributed by atoms with Gasteiger partial charge in [0, 0.05) is 37.1 Å². The highest BCUT2D eigenvalue weighted by Crippen LogP contribution is 2.20. The van der Waals surface area contributed by atoms with Crippen LogP contribution >= 0.6 is 0 Å². The largest absolute Gasteiger partial charge is 0.342 e. The lowest BCUT2D eigenvalue weighted by Crippen LogP contribution is -2.45. The summed E-state index contributed by atoms with van der Waals surface area (Å²) in [6.45, 7) is -1.38. The van der Waals surface area contributed by atoms with Crippen LogP contribution < -0.4 is 5.32 Å². The molecule has 7 nitrogen and oxygen atoms in total. The molecule has 0 bridgehead atoms. The summed E-state index contributed by atoms with van der Waals surface area (Å²) in [5, 5.41) is 2.91. The Labute approximate surface area is 168 Å². The van der Waals surface area contributed by atoms with Gasteiger partial charge >= 0.3 is 6.55 Å². The SMILES string of the molecule is CN(CC(=O)N1CCC(C(=O)Nc2ccccc2)CC1)Cc1nccn1C(F)F. The van der Waals surface area contributed by atoms with Crippen molar-refractivity contribution in [1.82, 2.24) is 19.4 Å². The van der Waals surface area contributed by atoms with Crippen molar-refractivity contribution in [3.63, 3.8) is 0 Å². The van der Waals surface area contributed by atoms with Crippen molar-refractivity contribution < 1.29 is 18.4 Å². The Bertz CT molecular complexity index is 819. The number of nitrogens with zero attached hydrogens (tertiary/aromatic N) is 4. The molecule has 0 radical (unpaired) electrons. The van der Waals surface area contributed by atoms with Gasteiger partial charge in [-0.2, -0.15) is 8.78 Å². The lowest BCUT2D eigenvalue weighted by Gasteiger charge is -2.32. The van der Waals surface area contributed by atoms with Gasteiger partial charge in [0.2, 0.25) is 11.8 Å². The number of nitrogens with one attached hydrogen (secondary N) is 1. The molecule has 0 unspecified atom stereocenters. The summed E-state index contributed by atoms with van der Waals surface area (Å²) in [5.41, 5.74) is 0.764. The molecular weight excluding hydrogens is 380 g/mol. The molecule has 1 aromatic heterocycles. The number of amides is 2. The van der Waals surface area contributed by atoms with Crippen LogP contribution in [0.3, 0.4) is 0 Å². The van der Waals surface area contributed by atoms with Crippen LogP contribution in [0.15, 0.2) is 42.7 Å². The molecule has 2 heterocycles. The summed E-state index contributed by atoms with van der Waals surface area (Å²) in [6.07, 6.45) is 3.75. The quantitative estimate of drug-likeness (QED) is 0.769. The van der Waals surface area contributed by atoms with E-state index in [-0.39, 0.29) is 36.6 Å². The van der Waals surface area contributed by atoms with Crippen molar-refractivity contribution in [3.8, 4) is 0 Å². The molecule has 0 saturated carbocycles. The minimum absolute atomic E-state index is 0.0285. The van der Waals surface area contributed by atoms with E-state index in [1.807, 2.05) is 30.3 Å². The Morgan fingerprint density at radius 2 is 1.93 bits per heavy atom. The zero-order valence-corrected chi connectivity index (χ0v) is 16.3. The van der Waals surface area contributed by atoms with Crippen LogP contribution in [0.2, 0.25) is 0 Å². The maximum Gasteiger partial charge on any atom is 0.319 e. The van der Waals surface area contributed by atoms with Crippen molar-refractivity contribution in [3.05, 3.63) is 48.5 Å². The third-order valence-corrected chi connectivity index (χ3v) is 5.04. The molecule has 1 aliphatic heterocycles. The van der Waals surface area contributed by atoms with Crippen LogP contribution in [0.4, 0.5) is 14.5 Å². The third-order valence-electron chi connectivity index (χ3n) is 5.04. The van der Waals surface area contributed by atoms with Crippen LogP contribution in [0, 0.1) is 5.92 Å². The van der Waals surface area contributed by atoms with Gasteiger partial charge in [0.15, 0.2) is 0 Å². The maximum absolute atomic E-state index is 12.9. The summed E-state index contributed by atoms with van der Waals surface area (Å²) >= 11 is 0. The number of imidazole rings is 1. The molecule has 156 valence electrons. The lowest BCUT2D eigenvalue weighted by molar-refractivity contribution is -0.135. The number of benzene rings is 1. The normalized spacial score (nSPS) is 15.1. The van der Waals surface area contributed by atoms with Crippen LogP contribution in [-0.4, -0.2) is 57.8 Å². The number of aromatic nitrogens is 2. The van der Waals surface area contributed by atoms with Gasteiger partial charge in [0.25, 0.3) is 0 Å². The Balaban J connectivity index is 1.44. The van der Waals surface area contributed by atoms with Gasteiger partial charge in [0.05, 0.1) is 13.1 Å². The van der Waals surface area contributed by atoms with Crippen LogP contribution in [0.1, 0.15) is 25.2 Å². The number of carbonyl (C=O) groups excluding carboxylic acids is 2. The average Bonchev–Trinajstić information content (AvgIpc) is 3.17. The first-order valence-corrected chi connectivity index (χ1v) is 9.56. The first kappa shape index (κ1) is 20.9. The van der Waals surface area contributed by atoms with Crippen molar-refractivity contribution in [2.75, 3.05) is 32.0 Å². The fourth-order valence-corrected chi connectivity index (χ4v) is 3.43. The summed E-state index contributed by atoms with van der Waals surface area (Å²) in [7, 11) is 1.70. The van der Waals surface area contributed by atoms with Crippen molar-refractivity contribution >= 4 is 17.5 Å². The molecule has 29 heavy (non-hydrogen) atoms. The molecule has 0 aliphatic carbocycles. The van der Waals surface area contributed by atoms with Gasteiger partial charge in [-0.3, -0.25) is 19.1 Å². The van der Waals surface area contributed by atoms with Gasteiger partial charge in [0.1, 0.15) is 5.82 Å². The zero-order chi connectivity index (χ0) is 20.8. The van der Waals surface area contributed by atoms with E-state index < -0.39 is 6.55 Å². The second-order valence-corrected chi connectivity index (χ2v) is 7.21. The summed E-state index contributed by atoms with van der Waals surface area (Å²) in [4.78, 5) is 32.2. The zero-order valence-electron chi connectivity index (χ0n) is 16.3. The van der Waals surface area contributed by atoms with E-state index in [1.165, 1.54) is 12.4 Å². The smallest absolute Gasteiger partial charge is 0.319 e. The number of alkyl halides is 2. The highest BCUT2D eigenvalue weighted by Gasteiger charge is 2.28. The maximum atomic E-state index is 12.9. The standard InChI is InChI=1S/C20H25F2N5O2/c1-25(13-17-23-9-12-27(17)20(21)22)14-18(28)26-10-7-15(8-11-26)19(29)24-16-5-3-2-4-6-16/h2-6,9,12,15,20H,7-8,10-11,13-14H2,1H3,(H,24,29). The summed E-state index contributed by atoms with van der Waals surface area (Å²) in [5.74, 6) is -0.0223. The molecular formula is C20H25F2N5O2. The molecule has 1 fully saturated rings. The second-order valence-electron chi connectivity index (χ2n) is 7.21. The number of rotatable bonds is 7. The number of carbonyl (C=O) groups is 2. The van der Waals surface area contributed by atoms with E-state index in [2.05, 4.69) is 10.3 Å². The molecule has 1 aromatic carbocycles. The highest BCUT2D eigenvalue weighted by molar-refractivity contribution is 5.92. The Kier molecular flexibility index (Phi) is 6.92. The van der Waals surface area contributed by atoms with E-state index >= 15 is 0 Å². The molecule has 2 aromatic rings. The molecule has 1 saturated heterocycles. The van der Waals surface area contributed by atoms with Crippen LogP contribution in [0.5, 0.6) is 0 Å². The van der Waals surface area contributed by atoms with Gasteiger partial charge in [-0.05, 0) is 32.0 Å². The number of likely N-dealkylation sites (N-methyl/N-ethyl adjacent to an activating group) is 1. The van der Waals surface area contributed by atoms with Crippen molar-refractivity contribution in [1.29, 1.82) is 0 Å².